The minimum atomic E-state index is -4.46. The van der Waals surface area contributed by atoms with Crippen molar-refractivity contribution in [2.75, 3.05) is 13.1 Å². The Bertz CT molecular complexity index is 1160. The topological polar surface area (TPSA) is 107 Å². The highest BCUT2D eigenvalue weighted by Crippen LogP contribution is 2.41. The lowest BCUT2D eigenvalue weighted by atomic mass is 9.81. The molecule has 0 spiro atoms. The number of alkyl halides is 3. The monoisotopic (exact) mass is 538 g/mol. The Labute approximate surface area is 216 Å². The van der Waals surface area contributed by atoms with Gasteiger partial charge >= 0.3 is 6.18 Å². The number of carbonyl (C=O) groups excluding carboxylic acids is 1. The van der Waals surface area contributed by atoms with Gasteiger partial charge in [0.05, 0.1) is 22.8 Å². The number of hydrogen-bond donors (Lipinski definition) is 3. The molecule has 0 bridgehead atoms. The molecular formula is C25H29F3N4O4S. The number of nitrogens with zero attached hydrogens (tertiary/aromatic N) is 3. The molecule has 37 heavy (non-hydrogen) atoms. The molecule has 2 atom stereocenters. The van der Waals surface area contributed by atoms with Gasteiger partial charge in [-0.05, 0) is 44.2 Å². The fourth-order valence-corrected chi connectivity index (χ4v) is 6.31. The van der Waals surface area contributed by atoms with Gasteiger partial charge in [-0.25, -0.2) is 4.98 Å². The zero-order valence-electron chi connectivity index (χ0n) is 20.1. The highest BCUT2D eigenvalue weighted by molar-refractivity contribution is 7.11. The number of carbonyl (C=O) groups is 1. The Morgan fingerprint density at radius 3 is 2.76 bits per heavy atom. The number of likely N-dealkylation sites (tertiary alicyclic amines) is 1. The van der Waals surface area contributed by atoms with Crippen LogP contribution in [-0.4, -0.2) is 63.0 Å². The highest BCUT2D eigenvalue weighted by Gasteiger charge is 2.40. The van der Waals surface area contributed by atoms with E-state index in [0.29, 0.717) is 41.7 Å². The summed E-state index contributed by atoms with van der Waals surface area (Å²) in [5.74, 6) is -0.319. The van der Waals surface area contributed by atoms with Crippen LogP contribution in [0.15, 0.2) is 35.6 Å². The van der Waals surface area contributed by atoms with Gasteiger partial charge < -0.3 is 20.4 Å². The zero-order chi connectivity index (χ0) is 26.2. The molecule has 200 valence electrons. The third kappa shape index (κ3) is 5.66. The molecule has 1 saturated heterocycles. The molecule has 1 saturated carbocycles. The number of aliphatic hydroxyl groups is 2. The summed E-state index contributed by atoms with van der Waals surface area (Å²) in [5.41, 5.74) is -1.07. The maximum Gasteiger partial charge on any atom is 0.416 e. The van der Waals surface area contributed by atoms with E-state index in [1.807, 2.05) is 0 Å². The minimum Gasteiger partial charge on any atom is -0.389 e. The normalized spacial score (nSPS) is 28.7. The van der Waals surface area contributed by atoms with Gasteiger partial charge in [-0.3, -0.25) is 9.69 Å². The fourth-order valence-electron chi connectivity index (χ4n) is 5.38. The lowest BCUT2D eigenvalue weighted by Gasteiger charge is -2.39. The molecule has 12 heteroatoms. The lowest BCUT2D eigenvalue weighted by molar-refractivity contribution is -0.137. The molecule has 2 fully saturated rings. The van der Waals surface area contributed by atoms with Crippen molar-refractivity contribution in [3.63, 3.8) is 0 Å². The number of amides is 1. The van der Waals surface area contributed by atoms with Crippen molar-refractivity contribution in [3.8, 4) is 0 Å². The average molecular weight is 539 g/mol. The molecule has 8 nitrogen and oxygen atoms in total. The van der Waals surface area contributed by atoms with Crippen LogP contribution in [0.1, 0.15) is 59.5 Å². The van der Waals surface area contributed by atoms with Crippen LogP contribution in [0.2, 0.25) is 0 Å². The SMILES string of the molecule is O=C(N[C@@H]1CCN(C2CCC(O)(c3cnc(CO)s3)CC2)C1)C1CC(c2cccc(C(F)(F)F)c2)=NO1. The van der Waals surface area contributed by atoms with Gasteiger partial charge in [0.25, 0.3) is 5.91 Å². The molecule has 2 aliphatic heterocycles. The molecular weight excluding hydrogens is 509 g/mol. The fraction of sp³-hybridized carbons (Fsp3) is 0.560. The van der Waals surface area contributed by atoms with E-state index < -0.39 is 23.4 Å². The van der Waals surface area contributed by atoms with Gasteiger partial charge in [-0.15, -0.1) is 11.3 Å². The van der Waals surface area contributed by atoms with E-state index in [2.05, 4.69) is 20.4 Å². The van der Waals surface area contributed by atoms with E-state index in [1.54, 1.807) is 6.20 Å². The maximum atomic E-state index is 13.0. The second-order valence-corrected chi connectivity index (χ2v) is 11.1. The van der Waals surface area contributed by atoms with Gasteiger partial charge in [0, 0.05) is 43.4 Å². The first-order valence-electron chi connectivity index (χ1n) is 12.4. The summed E-state index contributed by atoms with van der Waals surface area (Å²) in [6.45, 7) is 1.40. The van der Waals surface area contributed by atoms with Crippen LogP contribution >= 0.6 is 11.3 Å². The van der Waals surface area contributed by atoms with Gasteiger partial charge in [0.2, 0.25) is 6.10 Å². The van der Waals surface area contributed by atoms with Crippen molar-refractivity contribution in [2.45, 2.75) is 75.1 Å². The summed E-state index contributed by atoms with van der Waals surface area (Å²) in [6.07, 6.45) is 0.107. The van der Waals surface area contributed by atoms with Gasteiger partial charge in [-0.2, -0.15) is 13.2 Å². The molecule has 5 rings (SSSR count). The molecule has 0 radical (unpaired) electrons. The Kier molecular flexibility index (Phi) is 7.27. The van der Waals surface area contributed by atoms with E-state index >= 15 is 0 Å². The molecule has 1 amide bonds. The summed E-state index contributed by atoms with van der Waals surface area (Å²) >= 11 is 1.35. The average Bonchev–Trinajstić information content (AvgIpc) is 3.65. The van der Waals surface area contributed by atoms with Gasteiger partial charge in [0.15, 0.2) is 0 Å². The Balaban J connectivity index is 1.10. The maximum absolute atomic E-state index is 13.0. The standard InChI is InChI=1S/C25H29F3N4O4S/c26-25(27,28)16-3-1-2-15(10-16)19-11-20(36-31-19)23(34)30-17-6-9-32(13-17)18-4-7-24(35,8-5-18)21-12-29-22(14-33)37-21/h1-3,10,12,17-18,20,33,35H,4-9,11,13-14H2,(H,30,34)/t17-,18?,20?,24?/m1/s1. The number of thiazole rings is 1. The van der Waals surface area contributed by atoms with Crippen molar-refractivity contribution in [1.29, 1.82) is 0 Å². The second kappa shape index (κ2) is 10.3. The molecule has 3 heterocycles. The number of nitrogens with one attached hydrogen (secondary N) is 1. The molecule has 3 aliphatic rings. The van der Waals surface area contributed by atoms with Crippen LogP contribution in [0.5, 0.6) is 0 Å². The first kappa shape index (κ1) is 26.1. The lowest BCUT2D eigenvalue weighted by Crippen LogP contribution is -2.45. The second-order valence-electron chi connectivity index (χ2n) is 9.94. The summed E-state index contributed by atoms with van der Waals surface area (Å²) in [6, 6.07) is 5.11. The summed E-state index contributed by atoms with van der Waals surface area (Å²) in [5, 5.41) is 27.8. The predicted octanol–water partition coefficient (Wildman–Crippen LogP) is 3.17. The quantitative estimate of drug-likeness (QED) is 0.522. The predicted molar refractivity (Wildman–Crippen MR) is 130 cm³/mol. The first-order valence-corrected chi connectivity index (χ1v) is 13.2. The van der Waals surface area contributed by atoms with Crippen LogP contribution in [0.3, 0.4) is 0 Å². The van der Waals surface area contributed by atoms with Crippen LogP contribution in [0, 0.1) is 0 Å². The molecule has 3 N–H and O–H groups in total. The Morgan fingerprint density at radius 1 is 1.27 bits per heavy atom. The number of halogens is 3. The van der Waals surface area contributed by atoms with Crippen molar-refractivity contribution < 1.29 is 33.0 Å². The van der Waals surface area contributed by atoms with Crippen LogP contribution in [-0.2, 0) is 28.0 Å². The minimum absolute atomic E-state index is 0.0527. The number of benzene rings is 1. The van der Waals surface area contributed by atoms with Crippen molar-refractivity contribution in [2.24, 2.45) is 5.16 Å². The van der Waals surface area contributed by atoms with E-state index in [1.165, 1.54) is 23.5 Å². The van der Waals surface area contributed by atoms with Gasteiger partial charge in [0.1, 0.15) is 10.6 Å². The third-order valence-electron chi connectivity index (χ3n) is 7.50. The van der Waals surface area contributed by atoms with E-state index in [4.69, 9.17) is 4.84 Å². The number of oxime groups is 1. The van der Waals surface area contributed by atoms with E-state index in [0.717, 1.165) is 42.8 Å². The summed E-state index contributed by atoms with van der Waals surface area (Å²) < 4.78 is 39.1. The van der Waals surface area contributed by atoms with Crippen molar-refractivity contribution in [3.05, 3.63) is 51.5 Å². The van der Waals surface area contributed by atoms with Crippen LogP contribution in [0.4, 0.5) is 13.2 Å². The van der Waals surface area contributed by atoms with Crippen molar-refractivity contribution in [1.82, 2.24) is 15.2 Å². The number of aromatic nitrogens is 1. The molecule has 1 aromatic carbocycles. The third-order valence-corrected chi connectivity index (χ3v) is 8.67. The summed E-state index contributed by atoms with van der Waals surface area (Å²) in [4.78, 5) is 25.4. The smallest absolute Gasteiger partial charge is 0.389 e. The number of hydrogen-bond acceptors (Lipinski definition) is 8. The Morgan fingerprint density at radius 2 is 2.05 bits per heavy atom. The van der Waals surface area contributed by atoms with Gasteiger partial charge in [-0.1, -0.05) is 17.3 Å². The number of rotatable bonds is 6. The number of aliphatic hydroxyl groups excluding tert-OH is 1. The molecule has 1 aromatic heterocycles. The van der Waals surface area contributed by atoms with E-state index in [9.17, 15) is 28.2 Å². The molecule has 2 aromatic rings. The largest absolute Gasteiger partial charge is 0.416 e. The first-order chi connectivity index (χ1) is 17.6. The molecule has 1 unspecified atom stereocenters. The van der Waals surface area contributed by atoms with E-state index in [-0.39, 0.29) is 25.0 Å². The van der Waals surface area contributed by atoms with Crippen LogP contribution in [0.25, 0.3) is 0 Å². The summed E-state index contributed by atoms with van der Waals surface area (Å²) in [7, 11) is 0. The van der Waals surface area contributed by atoms with Crippen molar-refractivity contribution >= 4 is 23.0 Å². The Hall–Kier alpha value is -2.54. The highest BCUT2D eigenvalue weighted by atomic mass is 32.1. The van der Waals surface area contributed by atoms with Crippen LogP contribution < -0.4 is 5.32 Å². The molecule has 1 aliphatic carbocycles. The zero-order valence-corrected chi connectivity index (χ0v) is 20.9.